The second-order valence-corrected chi connectivity index (χ2v) is 7.86. The summed E-state index contributed by atoms with van der Waals surface area (Å²) in [5, 5.41) is 3.27. The Morgan fingerprint density at radius 3 is 2.58 bits per heavy atom. The van der Waals surface area contributed by atoms with Crippen LogP contribution >= 0.6 is 7.37 Å². The molecule has 2 heterocycles. The van der Waals surface area contributed by atoms with Crippen molar-refractivity contribution in [2.75, 3.05) is 32.5 Å². The van der Waals surface area contributed by atoms with Crippen LogP contribution in [0.5, 0.6) is 0 Å². The van der Waals surface area contributed by atoms with Crippen molar-refractivity contribution in [1.82, 2.24) is 10.3 Å². The minimum atomic E-state index is -3.66. The number of nitrogens with one attached hydrogen (secondary N) is 2. The number of rotatable bonds is 8. The van der Waals surface area contributed by atoms with Crippen molar-refractivity contribution in [2.24, 2.45) is 0 Å². The smallest absolute Gasteiger partial charge is 0.257 e. The zero-order valence-electron chi connectivity index (χ0n) is 13.9. The maximum Gasteiger partial charge on any atom is 0.257 e. The van der Waals surface area contributed by atoms with Crippen LogP contribution in [-0.2, 0) is 18.8 Å². The van der Waals surface area contributed by atoms with Crippen molar-refractivity contribution in [3.8, 4) is 0 Å². The largest absolute Gasteiger partial charge is 0.374 e. The lowest BCUT2D eigenvalue weighted by atomic mass is 10.1. The van der Waals surface area contributed by atoms with E-state index in [1.165, 1.54) is 6.07 Å². The Morgan fingerprint density at radius 1 is 1.38 bits per heavy atom. The van der Waals surface area contributed by atoms with Crippen LogP contribution in [0, 0.1) is 0 Å². The summed E-state index contributed by atoms with van der Waals surface area (Å²) in [5.74, 6) is 0. The highest BCUT2D eigenvalue weighted by molar-refractivity contribution is 7.58. The Bertz CT molecular complexity index is 588. The molecule has 0 bridgehead atoms. The predicted molar refractivity (Wildman–Crippen MR) is 89.3 cm³/mol. The first kappa shape index (κ1) is 19.3. The molecule has 0 amide bonds. The summed E-state index contributed by atoms with van der Waals surface area (Å²) in [7, 11) is -3.66. The van der Waals surface area contributed by atoms with E-state index in [-0.39, 0.29) is 17.8 Å². The highest BCUT2D eigenvalue weighted by Gasteiger charge is 2.37. The molecule has 24 heavy (non-hydrogen) atoms. The number of aromatic nitrogens is 1. The van der Waals surface area contributed by atoms with Crippen molar-refractivity contribution in [3.63, 3.8) is 0 Å². The summed E-state index contributed by atoms with van der Waals surface area (Å²) in [6, 6.07) is 2.01. The van der Waals surface area contributed by atoms with E-state index in [9.17, 15) is 14.3 Å². The molecule has 0 saturated carbocycles. The second kappa shape index (κ2) is 8.89. The third-order valence-electron chi connectivity index (χ3n) is 3.71. The van der Waals surface area contributed by atoms with E-state index >= 15 is 0 Å². The van der Waals surface area contributed by atoms with Gasteiger partial charge in [-0.25, -0.2) is 0 Å². The fourth-order valence-electron chi connectivity index (χ4n) is 2.54. The first-order chi connectivity index (χ1) is 11.5. The Hall–Kier alpha value is -1.02. The van der Waals surface area contributed by atoms with E-state index in [4.69, 9.17) is 14.2 Å². The van der Waals surface area contributed by atoms with Gasteiger partial charge in [-0.3, -0.25) is 9.36 Å². The molecule has 1 aromatic rings. The minimum absolute atomic E-state index is 0.0387. The normalized spacial score (nSPS) is 24.0. The maximum absolute atomic E-state index is 12.5. The number of morpholine rings is 1. The molecule has 1 unspecified atom stereocenters. The fourth-order valence-corrected chi connectivity index (χ4v) is 4.29. The van der Waals surface area contributed by atoms with Gasteiger partial charge in [0.05, 0.1) is 24.9 Å². The van der Waals surface area contributed by atoms with Crippen molar-refractivity contribution in [3.05, 3.63) is 34.2 Å². The van der Waals surface area contributed by atoms with Gasteiger partial charge in [-0.2, -0.15) is 0 Å². The second-order valence-electron chi connectivity index (χ2n) is 5.56. The van der Waals surface area contributed by atoms with E-state index in [1.807, 2.05) is 0 Å². The molecule has 1 aromatic heterocycles. The number of H-pyrrole nitrogens is 1. The van der Waals surface area contributed by atoms with Crippen LogP contribution < -0.4 is 10.9 Å². The van der Waals surface area contributed by atoms with Gasteiger partial charge in [0.25, 0.3) is 7.37 Å². The van der Waals surface area contributed by atoms with Gasteiger partial charge in [-0.15, -0.1) is 0 Å². The van der Waals surface area contributed by atoms with Crippen LogP contribution in [0.15, 0.2) is 23.1 Å². The van der Waals surface area contributed by atoms with Crippen molar-refractivity contribution in [2.45, 2.75) is 32.0 Å². The summed E-state index contributed by atoms with van der Waals surface area (Å²) >= 11 is 0. The van der Waals surface area contributed by atoms with Gasteiger partial charge in [0.15, 0.2) is 0 Å². The standard InChI is InChI=1S/C15H25N2O6P/c1-3-21-15(22-4-2)24(19,20)10-12-8-16-13(9-23-12)11-5-6-14(18)17-7-11/h5-7,12-13,15-16H,3-4,8-10H2,1-2H3,(H,17,18)(H,19,20)/t12-,13+/m1/s1. The Balaban J connectivity index is 1.90. The molecule has 0 radical (unpaired) electrons. The first-order valence-corrected chi connectivity index (χ1v) is 9.96. The molecular formula is C15H25N2O6P. The zero-order chi connectivity index (χ0) is 17.6. The van der Waals surface area contributed by atoms with Crippen molar-refractivity contribution in [1.29, 1.82) is 0 Å². The van der Waals surface area contributed by atoms with Crippen molar-refractivity contribution < 1.29 is 23.7 Å². The molecule has 3 atom stereocenters. The molecule has 0 spiro atoms. The summed E-state index contributed by atoms with van der Waals surface area (Å²) in [4.78, 5) is 24.0. The van der Waals surface area contributed by atoms with E-state index in [2.05, 4.69) is 10.3 Å². The molecule has 0 aromatic carbocycles. The maximum atomic E-state index is 12.5. The summed E-state index contributed by atoms with van der Waals surface area (Å²) in [6.07, 6.45) is 1.20. The number of hydrogen-bond acceptors (Lipinski definition) is 6. The number of aromatic amines is 1. The van der Waals surface area contributed by atoms with Crippen LogP contribution in [0.25, 0.3) is 0 Å². The van der Waals surface area contributed by atoms with Gasteiger partial charge in [-0.1, -0.05) is 6.07 Å². The number of ether oxygens (including phenoxy) is 3. The molecule has 1 saturated heterocycles. The van der Waals surface area contributed by atoms with Gasteiger partial charge in [0.2, 0.25) is 11.6 Å². The molecule has 3 N–H and O–H groups in total. The van der Waals surface area contributed by atoms with E-state index in [1.54, 1.807) is 26.1 Å². The van der Waals surface area contributed by atoms with Gasteiger partial charge >= 0.3 is 0 Å². The van der Waals surface area contributed by atoms with Crippen LogP contribution in [-0.4, -0.2) is 54.5 Å². The van der Waals surface area contributed by atoms with Gasteiger partial charge in [-0.05, 0) is 19.4 Å². The molecule has 0 aliphatic carbocycles. The van der Waals surface area contributed by atoms with E-state index < -0.39 is 19.5 Å². The average molecular weight is 360 g/mol. The highest BCUT2D eigenvalue weighted by Crippen LogP contribution is 2.48. The molecule has 1 aliphatic rings. The number of pyridine rings is 1. The van der Waals surface area contributed by atoms with Crippen LogP contribution in [0.4, 0.5) is 0 Å². The van der Waals surface area contributed by atoms with Crippen molar-refractivity contribution >= 4 is 7.37 Å². The topological polar surface area (TPSA) is 110 Å². The lowest BCUT2D eigenvalue weighted by molar-refractivity contribution is -0.0884. The molecule has 1 aliphatic heterocycles. The molecule has 8 nitrogen and oxygen atoms in total. The first-order valence-electron chi connectivity index (χ1n) is 8.04. The molecule has 2 rings (SSSR count). The number of hydrogen-bond donors (Lipinski definition) is 3. The lowest BCUT2D eigenvalue weighted by Gasteiger charge is -2.32. The third kappa shape index (κ3) is 5.24. The predicted octanol–water partition coefficient (Wildman–Crippen LogP) is 1.03. The Kier molecular flexibility index (Phi) is 7.16. The Morgan fingerprint density at radius 2 is 2.08 bits per heavy atom. The highest BCUT2D eigenvalue weighted by atomic mass is 31.2. The average Bonchev–Trinajstić information content (AvgIpc) is 2.56. The van der Waals surface area contributed by atoms with Crippen LogP contribution in [0.2, 0.25) is 0 Å². The monoisotopic (exact) mass is 360 g/mol. The Labute approximate surface area is 141 Å². The SMILES string of the molecule is CCOC(OCC)P(=O)(O)C[C@H]1CN[C@H](c2ccc(=O)[nH]c2)CO1. The summed E-state index contributed by atoms with van der Waals surface area (Å²) in [5.41, 5.74) is 0.745. The fraction of sp³-hybridized carbons (Fsp3) is 0.667. The minimum Gasteiger partial charge on any atom is -0.374 e. The molecular weight excluding hydrogens is 335 g/mol. The molecule has 9 heteroatoms. The third-order valence-corrected chi connectivity index (χ3v) is 5.60. The van der Waals surface area contributed by atoms with Gasteiger partial charge < -0.3 is 29.4 Å². The van der Waals surface area contributed by atoms with Crippen LogP contribution in [0.1, 0.15) is 25.5 Å². The summed E-state index contributed by atoms with van der Waals surface area (Å²) < 4.78 is 28.7. The molecule has 1 fully saturated rings. The van der Waals surface area contributed by atoms with Gasteiger partial charge in [0, 0.05) is 32.0 Å². The zero-order valence-corrected chi connectivity index (χ0v) is 14.8. The van der Waals surface area contributed by atoms with E-state index in [0.29, 0.717) is 26.4 Å². The molecule has 136 valence electrons. The van der Waals surface area contributed by atoms with E-state index in [0.717, 1.165) is 5.56 Å². The summed E-state index contributed by atoms with van der Waals surface area (Å²) in [6.45, 7) is 4.88. The van der Waals surface area contributed by atoms with Crippen LogP contribution in [0.3, 0.4) is 0 Å². The quantitative estimate of drug-likeness (QED) is 0.469. The van der Waals surface area contributed by atoms with Gasteiger partial charge in [0.1, 0.15) is 0 Å². The lowest BCUT2D eigenvalue weighted by Crippen LogP contribution is -2.43.